The largest absolute Gasteiger partial charge is 0.482 e. The lowest BCUT2D eigenvalue weighted by Gasteiger charge is -2.21. The van der Waals surface area contributed by atoms with Crippen molar-refractivity contribution in [2.75, 3.05) is 30.8 Å². The minimum absolute atomic E-state index is 0.237. The van der Waals surface area contributed by atoms with Crippen molar-refractivity contribution in [3.63, 3.8) is 0 Å². The summed E-state index contributed by atoms with van der Waals surface area (Å²) in [6, 6.07) is 12.8. The number of rotatable bonds is 9. The van der Waals surface area contributed by atoms with Crippen molar-refractivity contribution in [2.24, 2.45) is 5.10 Å². The van der Waals surface area contributed by atoms with Crippen LogP contribution in [0.5, 0.6) is 5.75 Å². The maximum atomic E-state index is 12.2. The number of amides is 1. The van der Waals surface area contributed by atoms with Gasteiger partial charge in [0.25, 0.3) is 5.91 Å². The summed E-state index contributed by atoms with van der Waals surface area (Å²) in [5, 5.41) is 4.16. The second-order valence-electron chi connectivity index (χ2n) is 5.98. The Labute approximate surface area is 179 Å². The molecule has 0 aliphatic carbocycles. The Morgan fingerprint density at radius 2 is 1.93 bits per heavy atom. The molecule has 1 N–H and O–H groups in total. The van der Waals surface area contributed by atoms with Crippen LogP contribution in [0, 0.1) is 0 Å². The van der Waals surface area contributed by atoms with Crippen molar-refractivity contribution >= 4 is 45.4 Å². The lowest BCUT2D eigenvalue weighted by atomic mass is 10.2. The molecular weight excluding hydrogens is 434 g/mol. The van der Waals surface area contributed by atoms with Gasteiger partial charge >= 0.3 is 5.97 Å². The monoisotopic (exact) mass is 453 g/mol. The van der Waals surface area contributed by atoms with Gasteiger partial charge in [-0.2, -0.15) is 5.10 Å². The number of hydrogen-bond donors (Lipinski definition) is 1. The fourth-order valence-electron chi connectivity index (χ4n) is 2.26. The molecule has 0 atom stereocenters. The highest BCUT2D eigenvalue weighted by Crippen LogP contribution is 2.21. The Kier molecular flexibility index (Phi) is 8.19. The zero-order valence-electron chi connectivity index (χ0n) is 16.2. The van der Waals surface area contributed by atoms with Crippen LogP contribution in [-0.2, 0) is 24.3 Å². The summed E-state index contributed by atoms with van der Waals surface area (Å²) in [4.78, 5) is 23.3. The summed E-state index contributed by atoms with van der Waals surface area (Å²) in [6.07, 6.45) is 2.34. The third-order valence-corrected chi connectivity index (χ3v) is 5.00. The van der Waals surface area contributed by atoms with E-state index in [-0.39, 0.29) is 12.3 Å². The van der Waals surface area contributed by atoms with Crippen molar-refractivity contribution in [1.82, 2.24) is 5.43 Å². The summed E-state index contributed by atoms with van der Waals surface area (Å²) in [5.74, 6) is -0.744. The van der Waals surface area contributed by atoms with Crippen LogP contribution in [0.1, 0.15) is 5.56 Å². The van der Waals surface area contributed by atoms with Gasteiger partial charge in [0.15, 0.2) is 6.61 Å². The molecular formula is C19H20ClN3O6S. The molecule has 160 valence electrons. The summed E-state index contributed by atoms with van der Waals surface area (Å²) in [6.45, 7) is -0.711. The average molecular weight is 454 g/mol. The average Bonchev–Trinajstić information content (AvgIpc) is 2.69. The van der Waals surface area contributed by atoms with Crippen molar-refractivity contribution in [2.45, 2.75) is 0 Å². The zero-order chi connectivity index (χ0) is 22.1. The molecule has 2 aromatic carbocycles. The van der Waals surface area contributed by atoms with Crippen LogP contribution < -0.4 is 14.5 Å². The van der Waals surface area contributed by atoms with E-state index in [9.17, 15) is 18.0 Å². The Balaban J connectivity index is 2.00. The van der Waals surface area contributed by atoms with Gasteiger partial charge in [0.05, 0.1) is 25.3 Å². The fourth-order valence-corrected chi connectivity index (χ4v) is 3.29. The Bertz CT molecular complexity index is 1040. The number of carbonyl (C=O) groups is 2. The van der Waals surface area contributed by atoms with Crippen molar-refractivity contribution in [1.29, 1.82) is 0 Å². The SMILES string of the molecule is COC(=O)COc1cccc(/C=N\NC(=O)CN(c2cccc(Cl)c2)S(C)(=O)=O)c1. The van der Waals surface area contributed by atoms with Crippen LogP contribution in [0.2, 0.25) is 5.02 Å². The van der Waals surface area contributed by atoms with Gasteiger partial charge in [-0.15, -0.1) is 0 Å². The van der Waals surface area contributed by atoms with Crippen LogP contribution in [0.25, 0.3) is 0 Å². The normalized spacial score (nSPS) is 11.2. The lowest BCUT2D eigenvalue weighted by molar-refractivity contribution is -0.142. The number of benzene rings is 2. The number of methoxy groups -OCH3 is 1. The molecule has 11 heteroatoms. The van der Waals surface area contributed by atoms with Crippen LogP contribution in [0.3, 0.4) is 0 Å². The van der Waals surface area contributed by atoms with Gasteiger partial charge in [-0.25, -0.2) is 18.6 Å². The first kappa shape index (κ1) is 23.2. The number of hydrazone groups is 1. The molecule has 0 saturated heterocycles. The minimum atomic E-state index is -3.72. The minimum Gasteiger partial charge on any atom is -0.482 e. The third-order valence-electron chi connectivity index (χ3n) is 3.63. The molecule has 1 amide bonds. The highest BCUT2D eigenvalue weighted by molar-refractivity contribution is 7.92. The van der Waals surface area contributed by atoms with E-state index in [0.29, 0.717) is 16.3 Å². The standard InChI is InChI=1S/C19H20ClN3O6S/c1-28-19(25)13-29-17-8-3-5-14(9-17)11-21-22-18(24)12-23(30(2,26)27)16-7-4-6-15(20)10-16/h3-11H,12-13H2,1-2H3,(H,22,24)/b21-11-. The molecule has 2 rings (SSSR count). The van der Waals surface area contributed by atoms with E-state index in [1.54, 1.807) is 36.4 Å². The summed E-state index contributed by atoms with van der Waals surface area (Å²) in [7, 11) is -2.46. The summed E-state index contributed by atoms with van der Waals surface area (Å²) in [5.41, 5.74) is 3.13. The number of ether oxygens (including phenoxy) is 2. The van der Waals surface area contributed by atoms with Crippen molar-refractivity contribution in [3.8, 4) is 5.75 Å². The van der Waals surface area contributed by atoms with E-state index >= 15 is 0 Å². The first-order valence-electron chi connectivity index (χ1n) is 8.54. The van der Waals surface area contributed by atoms with Gasteiger partial charge in [-0.05, 0) is 35.9 Å². The van der Waals surface area contributed by atoms with Crippen LogP contribution in [0.15, 0.2) is 53.6 Å². The number of nitrogens with one attached hydrogen (secondary N) is 1. The van der Waals surface area contributed by atoms with E-state index in [4.69, 9.17) is 16.3 Å². The van der Waals surface area contributed by atoms with Gasteiger partial charge in [-0.3, -0.25) is 9.10 Å². The fraction of sp³-hybridized carbons (Fsp3) is 0.211. The molecule has 0 saturated carbocycles. The van der Waals surface area contributed by atoms with Crippen LogP contribution in [-0.4, -0.2) is 53.0 Å². The van der Waals surface area contributed by atoms with Crippen LogP contribution in [0.4, 0.5) is 5.69 Å². The smallest absolute Gasteiger partial charge is 0.343 e. The van der Waals surface area contributed by atoms with Crippen LogP contribution >= 0.6 is 11.6 Å². The molecule has 9 nitrogen and oxygen atoms in total. The van der Waals surface area contributed by atoms with Crippen molar-refractivity contribution < 1.29 is 27.5 Å². The predicted molar refractivity (Wildman–Crippen MR) is 113 cm³/mol. The number of anilines is 1. The summed E-state index contributed by atoms with van der Waals surface area (Å²) < 4.78 is 34.8. The first-order chi connectivity index (χ1) is 14.2. The molecule has 0 unspecified atom stereocenters. The van der Waals surface area contributed by atoms with Gasteiger partial charge in [0, 0.05) is 5.02 Å². The van der Waals surface area contributed by atoms with Crippen molar-refractivity contribution in [3.05, 3.63) is 59.1 Å². The maximum absolute atomic E-state index is 12.2. The molecule has 0 radical (unpaired) electrons. The quantitative estimate of drug-likeness (QED) is 0.352. The molecule has 0 fully saturated rings. The van der Waals surface area contributed by atoms with E-state index < -0.39 is 28.4 Å². The third kappa shape index (κ3) is 7.37. The molecule has 0 aliphatic heterocycles. The Morgan fingerprint density at radius 1 is 1.20 bits per heavy atom. The number of nitrogens with zero attached hydrogens (tertiary/aromatic N) is 2. The number of esters is 1. The topological polar surface area (TPSA) is 114 Å². The first-order valence-corrected chi connectivity index (χ1v) is 10.8. The van der Waals surface area contributed by atoms with Gasteiger partial charge < -0.3 is 9.47 Å². The molecule has 0 spiro atoms. The number of sulfonamides is 1. The van der Waals surface area contributed by atoms with Gasteiger partial charge in [0.2, 0.25) is 10.0 Å². The number of hydrogen-bond acceptors (Lipinski definition) is 7. The molecule has 0 aliphatic rings. The summed E-state index contributed by atoms with van der Waals surface area (Å²) >= 11 is 5.91. The second kappa shape index (κ2) is 10.6. The molecule has 0 aromatic heterocycles. The van der Waals surface area contributed by atoms with Gasteiger partial charge in [-0.1, -0.05) is 29.8 Å². The predicted octanol–water partition coefficient (Wildman–Crippen LogP) is 1.81. The van der Waals surface area contributed by atoms with E-state index in [2.05, 4.69) is 15.3 Å². The molecule has 0 bridgehead atoms. The molecule has 0 heterocycles. The number of carbonyl (C=O) groups excluding carboxylic acids is 2. The highest BCUT2D eigenvalue weighted by Gasteiger charge is 2.20. The lowest BCUT2D eigenvalue weighted by Crippen LogP contribution is -2.39. The number of halogens is 1. The Morgan fingerprint density at radius 3 is 2.60 bits per heavy atom. The zero-order valence-corrected chi connectivity index (χ0v) is 17.8. The second-order valence-corrected chi connectivity index (χ2v) is 8.32. The maximum Gasteiger partial charge on any atom is 0.343 e. The van der Waals surface area contributed by atoms with E-state index in [0.717, 1.165) is 10.6 Å². The van der Waals surface area contributed by atoms with Gasteiger partial charge in [0.1, 0.15) is 12.3 Å². The van der Waals surface area contributed by atoms with E-state index in [1.807, 2.05) is 0 Å². The van der Waals surface area contributed by atoms with E-state index in [1.165, 1.54) is 25.5 Å². The Hall–Kier alpha value is -3.11. The molecule has 30 heavy (non-hydrogen) atoms. The highest BCUT2D eigenvalue weighted by atomic mass is 35.5. The molecule has 2 aromatic rings.